The Morgan fingerprint density at radius 3 is 2.63 bits per heavy atom. The van der Waals surface area contributed by atoms with Gasteiger partial charge in [0.2, 0.25) is 10.0 Å². The Bertz CT molecular complexity index is 946. The van der Waals surface area contributed by atoms with E-state index in [1.54, 1.807) is 30.3 Å². The average molecular weight is 385 g/mol. The predicted octanol–water partition coefficient (Wildman–Crippen LogP) is 2.10. The fourth-order valence-corrected chi connectivity index (χ4v) is 4.44. The van der Waals surface area contributed by atoms with Crippen LogP contribution in [0.5, 0.6) is 0 Å². The zero-order valence-electron chi connectivity index (χ0n) is 14.6. The molecule has 1 saturated heterocycles. The molecule has 7 nitrogen and oxygen atoms in total. The van der Waals surface area contributed by atoms with E-state index in [9.17, 15) is 13.2 Å². The summed E-state index contributed by atoms with van der Waals surface area (Å²) in [4.78, 5) is 16.3. The summed E-state index contributed by atoms with van der Waals surface area (Å²) in [6.07, 6.45) is 3.64. The summed E-state index contributed by atoms with van der Waals surface area (Å²) in [5.74, 6) is -0.708. The largest absolute Gasteiger partial charge is 0.461 e. The molecule has 0 saturated carbocycles. The Labute approximate surface area is 158 Å². The molecule has 0 unspecified atom stereocenters. The lowest BCUT2D eigenvalue weighted by Gasteiger charge is -2.30. The smallest absolute Gasteiger partial charge is 0.309 e. The number of ether oxygens (including phenoxy) is 1. The summed E-state index contributed by atoms with van der Waals surface area (Å²) in [6, 6.07) is 12.1. The monoisotopic (exact) mass is 385 g/mol. The van der Waals surface area contributed by atoms with Gasteiger partial charge in [0.05, 0.1) is 17.6 Å². The van der Waals surface area contributed by atoms with Crippen molar-refractivity contribution in [3.63, 3.8) is 0 Å². The molecule has 1 fully saturated rings. The molecular formula is C19H19N3O4S. The SMILES string of the molecule is N#Cc1ccccc1COC(=O)C1CCN(S(=O)(=O)c2cccnc2)CC1. The van der Waals surface area contributed by atoms with Gasteiger partial charge in [0, 0.05) is 31.0 Å². The van der Waals surface area contributed by atoms with Crippen LogP contribution in [0.15, 0.2) is 53.7 Å². The lowest BCUT2D eigenvalue weighted by Crippen LogP contribution is -2.40. The van der Waals surface area contributed by atoms with Crippen molar-refractivity contribution in [3.8, 4) is 6.07 Å². The minimum Gasteiger partial charge on any atom is -0.461 e. The number of esters is 1. The molecule has 0 atom stereocenters. The van der Waals surface area contributed by atoms with Crippen LogP contribution in [0.25, 0.3) is 0 Å². The second-order valence-corrected chi connectivity index (χ2v) is 8.18. The van der Waals surface area contributed by atoms with E-state index >= 15 is 0 Å². The molecule has 8 heteroatoms. The second-order valence-electron chi connectivity index (χ2n) is 6.24. The van der Waals surface area contributed by atoms with E-state index in [4.69, 9.17) is 10.00 Å². The summed E-state index contributed by atoms with van der Waals surface area (Å²) < 4.78 is 31.9. The molecule has 1 aromatic carbocycles. The third-order valence-electron chi connectivity index (χ3n) is 4.57. The number of hydrogen-bond acceptors (Lipinski definition) is 6. The summed E-state index contributed by atoms with van der Waals surface area (Å²) in [5, 5.41) is 9.07. The van der Waals surface area contributed by atoms with Crippen LogP contribution in [0.4, 0.5) is 0 Å². The number of carbonyl (C=O) groups is 1. The van der Waals surface area contributed by atoms with Crippen molar-refractivity contribution < 1.29 is 17.9 Å². The molecule has 0 radical (unpaired) electrons. The van der Waals surface area contributed by atoms with E-state index in [1.807, 2.05) is 0 Å². The van der Waals surface area contributed by atoms with Gasteiger partial charge in [-0.15, -0.1) is 0 Å². The number of nitriles is 1. The number of hydrogen-bond donors (Lipinski definition) is 0. The zero-order valence-corrected chi connectivity index (χ0v) is 15.4. The van der Waals surface area contributed by atoms with Crippen LogP contribution in [0.1, 0.15) is 24.0 Å². The summed E-state index contributed by atoms with van der Waals surface area (Å²) in [6.45, 7) is 0.550. The lowest BCUT2D eigenvalue weighted by molar-refractivity contribution is -0.151. The molecule has 27 heavy (non-hydrogen) atoms. The van der Waals surface area contributed by atoms with Crippen molar-refractivity contribution in [1.82, 2.24) is 9.29 Å². The maximum atomic E-state index is 12.6. The van der Waals surface area contributed by atoms with Gasteiger partial charge in [-0.05, 0) is 31.0 Å². The number of pyridine rings is 1. The highest BCUT2D eigenvalue weighted by molar-refractivity contribution is 7.89. The summed E-state index contributed by atoms with van der Waals surface area (Å²) >= 11 is 0. The Morgan fingerprint density at radius 2 is 1.96 bits per heavy atom. The van der Waals surface area contributed by atoms with Crippen molar-refractivity contribution >= 4 is 16.0 Å². The van der Waals surface area contributed by atoms with Crippen LogP contribution in [0.2, 0.25) is 0 Å². The number of sulfonamides is 1. The van der Waals surface area contributed by atoms with E-state index in [0.29, 0.717) is 24.0 Å². The normalized spacial score (nSPS) is 15.8. The first-order valence-corrected chi connectivity index (χ1v) is 10.0. The first-order chi connectivity index (χ1) is 13.0. The first-order valence-electron chi connectivity index (χ1n) is 8.57. The molecule has 0 bridgehead atoms. The number of aromatic nitrogens is 1. The van der Waals surface area contributed by atoms with Crippen molar-refractivity contribution in [1.29, 1.82) is 5.26 Å². The fourth-order valence-electron chi connectivity index (χ4n) is 3.00. The number of nitrogens with zero attached hydrogens (tertiary/aromatic N) is 3. The number of piperidine rings is 1. The van der Waals surface area contributed by atoms with Crippen LogP contribution >= 0.6 is 0 Å². The average Bonchev–Trinajstić information content (AvgIpc) is 2.73. The van der Waals surface area contributed by atoms with Gasteiger partial charge in [-0.2, -0.15) is 9.57 Å². The molecule has 0 spiro atoms. The highest BCUT2D eigenvalue weighted by Crippen LogP contribution is 2.24. The second kappa shape index (κ2) is 8.29. The minimum atomic E-state index is -3.59. The summed E-state index contributed by atoms with van der Waals surface area (Å²) in [7, 11) is -3.59. The van der Waals surface area contributed by atoms with Crippen molar-refractivity contribution in [2.45, 2.75) is 24.3 Å². The van der Waals surface area contributed by atoms with Crippen LogP contribution in [0, 0.1) is 17.2 Å². The molecule has 140 valence electrons. The number of rotatable bonds is 5. The number of carbonyl (C=O) groups excluding carboxylic acids is 1. The quantitative estimate of drug-likeness (QED) is 0.731. The molecule has 1 aliphatic rings. The Kier molecular flexibility index (Phi) is 5.84. The van der Waals surface area contributed by atoms with Gasteiger partial charge in [-0.25, -0.2) is 8.42 Å². The third kappa shape index (κ3) is 4.32. The molecule has 1 aliphatic heterocycles. The van der Waals surface area contributed by atoms with E-state index < -0.39 is 10.0 Å². The maximum Gasteiger partial charge on any atom is 0.309 e. The van der Waals surface area contributed by atoms with Gasteiger partial charge in [0.25, 0.3) is 0 Å². The third-order valence-corrected chi connectivity index (χ3v) is 6.45. The lowest BCUT2D eigenvalue weighted by atomic mass is 9.98. The van der Waals surface area contributed by atoms with Crippen molar-refractivity contribution in [2.24, 2.45) is 5.92 Å². The van der Waals surface area contributed by atoms with Crippen LogP contribution in [-0.4, -0.2) is 36.8 Å². The van der Waals surface area contributed by atoms with E-state index in [-0.39, 0.29) is 36.5 Å². The van der Waals surface area contributed by atoms with Gasteiger partial charge in [0.15, 0.2) is 0 Å². The highest BCUT2D eigenvalue weighted by Gasteiger charge is 2.32. The zero-order chi connectivity index (χ0) is 19.3. The van der Waals surface area contributed by atoms with Gasteiger partial charge in [-0.1, -0.05) is 18.2 Å². The van der Waals surface area contributed by atoms with Gasteiger partial charge < -0.3 is 4.74 Å². The van der Waals surface area contributed by atoms with Gasteiger partial charge in [0.1, 0.15) is 11.5 Å². The Balaban J connectivity index is 1.56. The molecular weight excluding hydrogens is 366 g/mol. The van der Waals surface area contributed by atoms with Gasteiger partial charge in [-0.3, -0.25) is 9.78 Å². The molecule has 1 aromatic heterocycles. The topological polar surface area (TPSA) is 100 Å². The van der Waals surface area contributed by atoms with Crippen LogP contribution in [-0.2, 0) is 26.2 Å². The Morgan fingerprint density at radius 1 is 1.22 bits per heavy atom. The maximum absolute atomic E-state index is 12.6. The van der Waals surface area contributed by atoms with E-state index in [0.717, 1.165) is 0 Å². The van der Waals surface area contributed by atoms with Crippen LogP contribution in [0.3, 0.4) is 0 Å². The molecule has 2 aromatic rings. The number of benzene rings is 1. The minimum absolute atomic E-state index is 0.0385. The molecule has 2 heterocycles. The van der Waals surface area contributed by atoms with E-state index in [1.165, 1.54) is 22.8 Å². The highest BCUT2D eigenvalue weighted by atomic mass is 32.2. The van der Waals surface area contributed by atoms with Crippen molar-refractivity contribution in [2.75, 3.05) is 13.1 Å². The fraction of sp³-hybridized carbons (Fsp3) is 0.316. The molecule has 0 N–H and O–H groups in total. The van der Waals surface area contributed by atoms with Gasteiger partial charge >= 0.3 is 5.97 Å². The Hall–Kier alpha value is -2.76. The van der Waals surface area contributed by atoms with Crippen LogP contribution < -0.4 is 0 Å². The molecule has 0 aliphatic carbocycles. The summed E-state index contributed by atoms with van der Waals surface area (Å²) in [5.41, 5.74) is 1.13. The standard InChI is InChI=1S/C19H19N3O4S/c20-12-16-4-1-2-5-17(16)14-26-19(23)15-7-10-22(11-8-15)27(24,25)18-6-3-9-21-13-18/h1-6,9,13,15H,7-8,10-11,14H2. The molecule has 3 rings (SSSR count). The first kappa shape index (κ1) is 19.0. The van der Waals surface area contributed by atoms with Crippen molar-refractivity contribution in [3.05, 3.63) is 59.9 Å². The molecule has 0 amide bonds. The van der Waals surface area contributed by atoms with E-state index in [2.05, 4.69) is 11.1 Å². The predicted molar refractivity (Wildman–Crippen MR) is 96.7 cm³/mol.